The van der Waals surface area contributed by atoms with Crippen molar-refractivity contribution in [3.8, 4) is 0 Å². The number of likely N-dealkylation sites (tertiary alicyclic amines) is 1. The molecular formula is C24H32N4O2. The van der Waals surface area contributed by atoms with Crippen molar-refractivity contribution in [1.29, 1.82) is 0 Å². The SMILES string of the molecule is CN(C)c1ccc(CNC(=O)C2CCN(C(=O)c3ccc(N(C)C)cc3)CC2)cc1. The van der Waals surface area contributed by atoms with Crippen LogP contribution in [0.3, 0.4) is 0 Å². The molecule has 0 aromatic heterocycles. The topological polar surface area (TPSA) is 55.9 Å². The van der Waals surface area contributed by atoms with Crippen LogP contribution < -0.4 is 15.1 Å². The number of hydrogen-bond acceptors (Lipinski definition) is 4. The second-order valence-corrected chi connectivity index (χ2v) is 8.29. The summed E-state index contributed by atoms with van der Waals surface area (Å²) in [5.41, 5.74) is 3.99. The van der Waals surface area contributed by atoms with Gasteiger partial charge in [0.15, 0.2) is 0 Å². The summed E-state index contributed by atoms with van der Waals surface area (Å²) >= 11 is 0. The van der Waals surface area contributed by atoms with Crippen molar-refractivity contribution in [2.75, 3.05) is 51.1 Å². The molecule has 0 aliphatic carbocycles. The van der Waals surface area contributed by atoms with Crippen LogP contribution in [-0.2, 0) is 11.3 Å². The largest absolute Gasteiger partial charge is 0.378 e. The van der Waals surface area contributed by atoms with E-state index in [1.807, 2.05) is 79.3 Å². The van der Waals surface area contributed by atoms with Gasteiger partial charge in [-0.1, -0.05) is 12.1 Å². The van der Waals surface area contributed by atoms with Crippen LogP contribution in [0.25, 0.3) is 0 Å². The number of hydrogen-bond donors (Lipinski definition) is 1. The molecule has 2 amide bonds. The van der Waals surface area contributed by atoms with E-state index in [4.69, 9.17) is 0 Å². The zero-order valence-corrected chi connectivity index (χ0v) is 18.4. The Labute approximate surface area is 179 Å². The first-order valence-electron chi connectivity index (χ1n) is 10.5. The molecule has 3 rings (SSSR count). The highest BCUT2D eigenvalue weighted by Crippen LogP contribution is 2.21. The van der Waals surface area contributed by atoms with Crippen molar-refractivity contribution in [3.63, 3.8) is 0 Å². The molecule has 1 heterocycles. The minimum absolute atomic E-state index is 0.0359. The molecule has 1 aliphatic rings. The quantitative estimate of drug-likeness (QED) is 0.798. The number of nitrogens with zero attached hydrogens (tertiary/aromatic N) is 3. The number of carbonyl (C=O) groups is 2. The van der Waals surface area contributed by atoms with Gasteiger partial charge in [-0.3, -0.25) is 9.59 Å². The summed E-state index contributed by atoms with van der Waals surface area (Å²) < 4.78 is 0. The number of benzene rings is 2. The van der Waals surface area contributed by atoms with E-state index >= 15 is 0 Å². The number of rotatable bonds is 6. The molecular weight excluding hydrogens is 376 g/mol. The van der Waals surface area contributed by atoms with E-state index in [0.29, 0.717) is 38.0 Å². The first-order chi connectivity index (χ1) is 14.3. The highest BCUT2D eigenvalue weighted by atomic mass is 16.2. The Morgan fingerprint density at radius 2 is 1.37 bits per heavy atom. The summed E-state index contributed by atoms with van der Waals surface area (Å²) in [4.78, 5) is 31.2. The maximum Gasteiger partial charge on any atom is 0.253 e. The summed E-state index contributed by atoms with van der Waals surface area (Å²) in [6, 6.07) is 15.8. The summed E-state index contributed by atoms with van der Waals surface area (Å²) in [6.45, 7) is 1.76. The highest BCUT2D eigenvalue weighted by molar-refractivity contribution is 5.94. The third-order valence-electron chi connectivity index (χ3n) is 5.70. The normalized spacial score (nSPS) is 14.3. The first kappa shape index (κ1) is 21.7. The molecule has 0 spiro atoms. The lowest BCUT2D eigenvalue weighted by Gasteiger charge is -2.31. The number of nitrogens with one attached hydrogen (secondary N) is 1. The van der Waals surface area contributed by atoms with Gasteiger partial charge in [-0.05, 0) is 54.8 Å². The second kappa shape index (κ2) is 9.65. The molecule has 2 aromatic rings. The van der Waals surface area contributed by atoms with Crippen molar-refractivity contribution in [1.82, 2.24) is 10.2 Å². The van der Waals surface area contributed by atoms with Crippen LogP contribution >= 0.6 is 0 Å². The molecule has 6 heteroatoms. The van der Waals surface area contributed by atoms with E-state index < -0.39 is 0 Å². The lowest BCUT2D eigenvalue weighted by atomic mass is 9.95. The van der Waals surface area contributed by atoms with E-state index in [-0.39, 0.29) is 17.7 Å². The Bertz CT molecular complexity index is 852. The number of anilines is 2. The average molecular weight is 409 g/mol. The summed E-state index contributed by atoms with van der Waals surface area (Å²) in [7, 11) is 7.97. The van der Waals surface area contributed by atoms with Gasteiger partial charge in [-0.2, -0.15) is 0 Å². The highest BCUT2D eigenvalue weighted by Gasteiger charge is 2.27. The molecule has 0 saturated carbocycles. The lowest BCUT2D eigenvalue weighted by molar-refractivity contribution is -0.126. The molecule has 30 heavy (non-hydrogen) atoms. The van der Waals surface area contributed by atoms with Crippen molar-refractivity contribution in [2.24, 2.45) is 5.92 Å². The standard InChI is InChI=1S/C24H32N4O2/c1-26(2)21-9-5-18(6-10-21)17-25-23(29)19-13-15-28(16-14-19)24(30)20-7-11-22(12-8-20)27(3)4/h5-12,19H,13-17H2,1-4H3,(H,25,29). The second-order valence-electron chi connectivity index (χ2n) is 8.29. The fraction of sp³-hybridized carbons (Fsp3) is 0.417. The van der Waals surface area contributed by atoms with Gasteiger partial charge in [0.2, 0.25) is 5.91 Å². The summed E-state index contributed by atoms with van der Waals surface area (Å²) in [6.07, 6.45) is 1.40. The van der Waals surface area contributed by atoms with Gasteiger partial charge in [0.1, 0.15) is 0 Å². The predicted molar refractivity (Wildman–Crippen MR) is 122 cm³/mol. The fourth-order valence-electron chi connectivity index (χ4n) is 3.67. The smallest absolute Gasteiger partial charge is 0.253 e. The van der Waals surface area contributed by atoms with Gasteiger partial charge in [0.05, 0.1) is 0 Å². The fourth-order valence-corrected chi connectivity index (χ4v) is 3.67. The number of carbonyl (C=O) groups excluding carboxylic acids is 2. The Balaban J connectivity index is 1.47. The van der Waals surface area contributed by atoms with Crippen LogP contribution in [0, 0.1) is 5.92 Å². The molecule has 1 fully saturated rings. The predicted octanol–water partition coefficient (Wildman–Crippen LogP) is 2.99. The molecule has 0 unspecified atom stereocenters. The molecule has 0 bridgehead atoms. The Hall–Kier alpha value is -3.02. The van der Waals surface area contributed by atoms with E-state index in [1.165, 1.54) is 0 Å². The van der Waals surface area contributed by atoms with Crippen molar-refractivity contribution in [3.05, 3.63) is 59.7 Å². The molecule has 1 aliphatic heterocycles. The molecule has 1 N–H and O–H groups in total. The van der Waals surface area contributed by atoms with Gasteiger partial charge in [0.25, 0.3) is 5.91 Å². The van der Waals surface area contributed by atoms with Gasteiger partial charge >= 0.3 is 0 Å². The molecule has 0 radical (unpaired) electrons. The number of amides is 2. The molecule has 0 atom stereocenters. The minimum atomic E-state index is -0.0359. The Morgan fingerprint density at radius 1 is 0.867 bits per heavy atom. The number of piperidine rings is 1. The van der Waals surface area contributed by atoms with E-state index in [2.05, 4.69) is 17.4 Å². The summed E-state index contributed by atoms with van der Waals surface area (Å²) in [5.74, 6) is 0.0838. The first-order valence-corrected chi connectivity index (χ1v) is 10.5. The molecule has 160 valence electrons. The summed E-state index contributed by atoms with van der Waals surface area (Å²) in [5, 5.41) is 3.05. The van der Waals surface area contributed by atoms with Crippen LogP contribution in [0.5, 0.6) is 0 Å². The molecule has 2 aromatic carbocycles. The Morgan fingerprint density at radius 3 is 1.87 bits per heavy atom. The van der Waals surface area contributed by atoms with Crippen LogP contribution in [0.1, 0.15) is 28.8 Å². The molecule has 1 saturated heterocycles. The average Bonchev–Trinajstić information content (AvgIpc) is 2.77. The monoisotopic (exact) mass is 408 g/mol. The van der Waals surface area contributed by atoms with Crippen molar-refractivity contribution in [2.45, 2.75) is 19.4 Å². The zero-order chi connectivity index (χ0) is 21.7. The van der Waals surface area contributed by atoms with Crippen LogP contribution in [0.15, 0.2) is 48.5 Å². The van der Waals surface area contributed by atoms with Crippen molar-refractivity contribution < 1.29 is 9.59 Å². The van der Waals surface area contributed by atoms with E-state index in [9.17, 15) is 9.59 Å². The van der Waals surface area contributed by atoms with Crippen LogP contribution in [0.2, 0.25) is 0 Å². The molecule has 6 nitrogen and oxygen atoms in total. The van der Waals surface area contributed by atoms with Crippen LogP contribution in [0.4, 0.5) is 11.4 Å². The third-order valence-corrected chi connectivity index (χ3v) is 5.70. The maximum atomic E-state index is 12.8. The van der Waals surface area contributed by atoms with Gasteiger partial charge in [-0.15, -0.1) is 0 Å². The third kappa shape index (κ3) is 5.32. The minimum Gasteiger partial charge on any atom is -0.378 e. The van der Waals surface area contributed by atoms with Gasteiger partial charge in [-0.25, -0.2) is 0 Å². The van der Waals surface area contributed by atoms with Gasteiger partial charge in [0, 0.05) is 70.7 Å². The van der Waals surface area contributed by atoms with Crippen LogP contribution in [-0.4, -0.2) is 58.0 Å². The van der Waals surface area contributed by atoms with E-state index in [1.54, 1.807) is 0 Å². The zero-order valence-electron chi connectivity index (χ0n) is 18.4. The lowest BCUT2D eigenvalue weighted by Crippen LogP contribution is -2.42. The van der Waals surface area contributed by atoms with Crippen molar-refractivity contribution >= 4 is 23.2 Å². The maximum absolute atomic E-state index is 12.8. The Kier molecular flexibility index (Phi) is 6.98. The van der Waals surface area contributed by atoms with E-state index in [0.717, 1.165) is 16.9 Å². The van der Waals surface area contributed by atoms with Gasteiger partial charge < -0.3 is 20.0 Å².